The maximum Gasteiger partial charge on any atom is 0.335 e. The summed E-state index contributed by atoms with van der Waals surface area (Å²) < 4.78 is 5.50. The van der Waals surface area contributed by atoms with Crippen LogP contribution in [0.2, 0.25) is 0 Å². The Labute approximate surface area is 175 Å². The lowest BCUT2D eigenvalue weighted by molar-refractivity contribution is -0.144. The van der Waals surface area contributed by atoms with Gasteiger partial charge in [-0.3, -0.25) is 19.4 Å². The number of hydrogen-bond donors (Lipinski definition) is 0. The Morgan fingerprint density at radius 3 is 2.33 bits per heavy atom. The number of imide groups is 2. The van der Waals surface area contributed by atoms with Crippen molar-refractivity contribution in [1.29, 1.82) is 0 Å². The van der Waals surface area contributed by atoms with Gasteiger partial charge in [0, 0.05) is 12.6 Å². The zero-order valence-electron chi connectivity index (χ0n) is 17.0. The molecule has 4 amide bonds. The van der Waals surface area contributed by atoms with Crippen molar-refractivity contribution in [2.24, 2.45) is 0 Å². The molecule has 4 rings (SSSR count). The molecule has 1 atom stereocenters. The van der Waals surface area contributed by atoms with E-state index in [0.29, 0.717) is 6.61 Å². The molecule has 0 aliphatic carbocycles. The highest BCUT2D eigenvalue weighted by Gasteiger charge is 2.45. The lowest BCUT2D eigenvalue weighted by atomic mass is 10.0. The van der Waals surface area contributed by atoms with Gasteiger partial charge in [0.05, 0.1) is 19.8 Å². The summed E-state index contributed by atoms with van der Waals surface area (Å²) in [6.07, 6.45) is 1.90. The van der Waals surface area contributed by atoms with E-state index in [1.165, 1.54) is 0 Å². The molecule has 2 saturated heterocycles. The quantitative estimate of drug-likeness (QED) is 0.521. The topological polar surface area (TPSA) is 70.2 Å². The highest BCUT2D eigenvalue weighted by molar-refractivity contribution is 6.44. The molecule has 0 N–H and O–H groups in total. The lowest BCUT2D eigenvalue weighted by Gasteiger charge is -2.28. The van der Waals surface area contributed by atoms with E-state index in [-0.39, 0.29) is 19.3 Å². The van der Waals surface area contributed by atoms with Gasteiger partial charge in [-0.05, 0) is 43.0 Å². The summed E-state index contributed by atoms with van der Waals surface area (Å²) in [7, 11) is 0. The van der Waals surface area contributed by atoms with Gasteiger partial charge in [-0.1, -0.05) is 42.5 Å². The molecule has 2 aliphatic heterocycles. The van der Waals surface area contributed by atoms with Gasteiger partial charge in [0.25, 0.3) is 0 Å². The monoisotopic (exact) mass is 407 g/mol. The van der Waals surface area contributed by atoms with E-state index in [0.717, 1.165) is 46.1 Å². The Kier molecular flexibility index (Phi) is 5.81. The number of likely N-dealkylation sites (tertiary alicyclic amines) is 1. The van der Waals surface area contributed by atoms with E-state index in [4.69, 9.17) is 4.74 Å². The minimum absolute atomic E-state index is 0.0968. The van der Waals surface area contributed by atoms with Crippen molar-refractivity contribution in [3.63, 3.8) is 0 Å². The number of rotatable bonds is 7. The van der Waals surface area contributed by atoms with E-state index in [9.17, 15) is 14.4 Å². The minimum Gasteiger partial charge on any atom is -0.494 e. The molecule has 7 heteroatoms. The zero-order chi connectivity index (χ0) is 21.1. The van der Waals surface area contributed by atoms with Gasteiger partial charge in [-0.2, -0.15) is 0 Å². The predicted molar refractivity (Wildman–Crippen MR) is 110 cm³/mol. The van der Waals surface area contributed by atoms with Gasteiger partial charge in [0.15, 0.2) is 0 Å². The van der Waals surface area contributed by atoms with Gasteiger partial charge in [0.2, 0.25) is 0 Å². The summed E-state index contributed by atoms with van der Waals surface area (Å²) in [5.74, 6) is -0.702. The van der Waals surface area contributed by atoms with E-state index in [1.54, 1.807) is 0 Å². The number of nitrogens with zero attached hydrogens (tertiary/aromatic N) is 3. The predicted octanol–water partition coefficient (Wildman–Crippen LogP) is 3.17. The Morgan fingerprint density at radius 2 is 1.63 bits per heavy atom. The fraction of sp³-hybridized carbons (Fsp3) is 0.348. The number of carbonyl (C=O) groups excluding carboxylic acids is 3. The van der Waals surface area contributed by atoms with Gasteiger partial charge in [0.1, 0.15) is 5.75 Å². The lowest BCUT2D eigenvalue weighted by Crippen LogP contribution is -2.42. The van der Waals surface area contributed by atoms with Crippen LogP contribution in [0.4, 0.5) is 4.79 Å². The Morgan fingerprint density at radius 1 is 0.933 bits per heavy atom. The van der Waals surface area contributed by atoms with Crippen LogP contribution in [0.15, 0.2) is 54.6 Å². The number of carbonyl (C=O) groups is 3. The maximum absolute atomic E-state index is 12.8. The third kappa shape index (κ3) is 3.93. The first-order valence-electron chi connectivity index (χ1n) is 10.3. The van der Waals surface area contributed by atoms with Gasteiger partial charge in [-0.15, -0.1) is 0 Å². The molecular formula is C23H25N3O4. The van der Waals surface area contributed by atoms with Gasteiger partial charge in [-0.25, -0.2) is 9.69 Å². The maximum atomic E-state index is 12.8. The van der Waals surface area contributed by atoms with Crippen LogP contribution in [0.5, 0.6) is 5.75 Å². The Bertz CT molecular complexity index is 929. The first kappa shape index (κ1) is 20.1. The molecule has 0 aromatic heterocycles. The molecule has 0 radical (unpaired) electrons. The van der Waals surface area contributed by atoms with E-state index < -0.39 is 17.8 Å². The van der Waals surface area contributed by atoms with Crippen molar-refractivity contribution in [3.05, 3.63) is 65.7 Å². The standard InChI is InChI=1S/C23H25N3O4/c1-2-30-19-12-10-18(11-13-19)20-9-6-14-24(20)16-26-22(28)21(27)25(23(26)29)15-17-7-4-3-5-8-17/h3-5,7-8,10-13,20H,2,6,9,14-16H2,1H3/t20-/m1/s1. The number of amides is 4. The van der Waals surface area contributed by atoms with Crippen molar-refractivity contribution in [3.8, 4) is 5.75 Å². The van der Waals surface area contributed by atoms with Crippen LogP contribution in [-0.2, 0) is 16.1 Å². The molecule has 2 heterocycles. The summed E-state index contributed by atoms with van der Waals surface area (Å²) in [6.45, 7) is 3.54. The zero-order valence-corrected chi connectivity index (χ0v) is 17.0. The second-order valence-electron chi connectivity index (χ2n) is 7.51. The number of urea groups is 1. The summed E-state index contributed by atoms with van der Waals surface area (Å²) in [4.78, 5) is 42.0. The summed E-state index contributed by atoms with van der Waals surface area (Å²) in [6, 6.07) is 16.7. The van der Waals surface area contributed by atoms with Gasteiger partial charge < -0.3 is 4.74 Å². The second-order valence-corrected chi connectivity index (χ2v) is 7.51. The van der Waals surface area contributed by atoms with Crippen molar-refractivity contribution >= 4 is 17.8 Å². The summed E-state index contributed by atoms with van der Waals surface area (Å²) in [5.41, 5.74) is 1.92. The van der Waals surface area contributed by atoms with E-state index >= 15 is 0 Å². The molecule has 0 unspecified atom stereocenters. The molecular weight excluding hydrogens is 382 g/mol. The van der Waals surface area contributed by atoms with Crippen LogP contribution in [0, 0.1) is 0 Å². The molecule has 7 nitrogen and oxygen atoms in total. The van der Waals surface area contributed by atoms with Crippen molar-refractivity contribution in [1.82, 2.24) is 14.7 Å². The molecule has 0 bridgehead atoms. The van der Waals surface area contributed by atoms with Crippen LogP contribution in [0.1, 0.15) is 36.9 Å². The van der Waals surface area contributed by atoms with Crippen LogP contribution >= 0.6 is 0 Å². The largest absolute Gasteiger partial charge is 0.494 e. The molecule has 0 saturated carbocycles. The van der Waals surface area contributed by atoms with E-state index in [1.807, 2.05) is 61.5 Å². The van der Waals surface area contributed by atoms with Crippen molar-refractivity contribution in [2.45, 2.75) is 32.4 Å². The summed E-state index contributed by atoms with van der Waals surface area (Å²) >= 11 is 0. The van der Waals surface area contributed by atoms with Crippen LogP contribution < -0.4 is 4.74 Å². The van der Waals surface area contributed by atoms with Crippen LogP contribution in [0.25, 0.3) is 0 Å². The molecule has 30 heavy (non-hydrogen) atoms. The second kappa shape index (κ2) is 8.67. The Hall–Kier alpha value is -3.19. The van der Waals surface area contributed by atoms with Crippen molar-refractivity contribution < 1.29 is 19.1 Å². The average Bonchev–Trinajstić information content (AvgIpc) is 3.30. The molecule has 2 aromatic carbocycles. The van der Waals surface area contributed by atoms with Crippen LogP contribution in [0.3, 0.4) is 0 Å². The Balaban J connectivity index is 1.46. The van der Waals surface area contributed by atoms with Crippen LogP contribution in [-0.4, -0.2) is 52.4 Å². The van der Waals surface area contributed by atoms with Gasteiger partial charge >= 0.3 is 17.8 Å². The SMILES string of the molecule is CCOc1ccc([C@H]2CCCN2CN2C(=O)C(=O)N(Cc3ccccc3)C2=O)cc1. The molecule has 0 spiro atoms. The highest BCUT2D eigenvalue weighted by Crippen LogP contribution is 2.33. The number of ether oxygens (including phenoxy) is 1. The molecule has 156 valence electrons. The van der Waals surface area contributed by atoms with Crippen molar-refractivity contribution in [2.75, 3.05) is 19.8 Å². The minimum atomic E-state index is -0.763. The van der Waals surface area contributed by atoms with E-state index in [2.05, 4.69) is 4.90 Å². The highest BCUT2D eigenvalue weighted by atomic mass is 16.5. The fourth-order valence-corrected chi connectivity index (χ4v) is 4.09. The first-order chi connectivity index (χ1) is 14.6. The first-order valence-corrected chi connectivity index (χ1v) is 10.3. The molecule has 2 aromatic rings. The molecule has 2 aliphatic rings. The average molecular weight is 407 g/mol. The third-order valence-electron chi connectivity index (χ3n) is 5.58. The smallest absolute Gasteiger partial charge is 0.335 e. The summed E-state index contributed by atoms with van der Waals surface area (Å²) in [5, 5.41) is 0. The number of benzene rings is 2. The molecule has 2 fully saturated rings. The third-order valence-corrected chi connectivity index (χ3v) is 5.58. The number of hydrogen-bond acceptors (Lipinski definition) is 5. The normalized spacial score (nSPS) is 19.8. The fourth-order valence-electron chi connectivity index (χ4n) is 4.09.